The standard InChI is InChI=1S/C18H20FN5O/c1-11-12(2)23-24-18(15(11)9-20)22-13-5-6-17(16(19)8-13)21-10-14-4-3-7-25-14/h5-6,8,14,21H,3-4,7,10H2,1-2H3,(H,22,24). The van der Waals surface area contributed by atoms with E-state index in [9.17, 15) is 9.65 Å². The Bertz CT molecular complexity index is 812. The third-order valence-corrected chi connectivity index (χ3v) is 4.34. The highest BCUT2D eigenvalue weighted by Gasteiger charge is 2.16. The predicted molar refractivity (Wildman–Crippen MR) is 93.4 cm³/mol. The fourth-order valence-corrected chi connectivity index (χ4v) is 2.73. The molecule has 1 aliphatic rings. The van der Waals surface area contributed by atoms with Crippen molar-refractivity contribution < 1.29 is 9.13 Å². The van der Waals surface area contributed by atoms with Crippen molar-refractivity contribution in [2.45, 2.75) is 32.8 Å². The molecular weight excluding hydrogens is 321 g/mol. The lowest BCUT2D eigenvalue weighted by Gasteiger charge is -2.14. The van der Waals surface area contributed by atoms with Gasteiger partial charge in [-0.2, -0.15) is 10.4 Å². The Morgan fingerprint density at radius 1 is 1.36 bits per heavy atom. The summed E-state index contributed by atoms with van der Waals surface area (Å²) in [6.07, 6.45) is 2.19. The van der Waals surface area contributed by atoms with Crippen LogP contribution >= 0.6 is 0 Å². The smallest absolute Gasteiger partial charge is 0.171 e. The molecule has 1 unspecified atom stereocenters. The van der Waals surface area contributed by atoms with Gasteiger partial charge >= 0.3 is 0 Å². The van der Waals surface area contributed by atoms with Crippen molar-refractivity contribution in [2.75, 3.05) is 23.8 Å². The van der Waals surface area contributed by atoms with Crippen LogP contribution in [0.5, 0.6) is 0 Å². The van der Waals surface area contributed by atoms with E-state index >= 15 is 0 Å². The van der Waals surface area contributed by atoms with E-state index in [1.165, 1.54) is 6.07 Å². The first-order valence-electron chi connectivity index (χ1n) is 8.24. The number of hydrogen-bond acceptors (Lipinski definition) is 6. The van der Waals surface area contributed by atoms with Gasteiger partial charge in [0.2, 0.25) is 0 Å². The van der Waals surface area contributed by atoms with Crippen LogP contribution in [0.15, 0.2) is 18.2 Å². The maximum absolute atomic E-state index is 14.3. The zero-order valence-corrected chi connectivity index (χ0v) is 14.3. The van der Waals surface area contributed by atoms with Crippen molar-refractivity contribution in [3.05, 3.63) is 40.8 Å². The zero-order valence-electron chi connectivity index (χ0n) is 14.3. The number of benzene rings is 1. The molecule has 1 aliphatic heterocycles. The summed E-state index contributed by atoms with van der Waals surface area (Å²) < 4.78 is 19.8. The Hall–Kier alpha value is -2.72. The number of aromatic nitrogens is 2. The molecule has 1 aromatic carbocycles. The first-order valence-corrected chi connectivity index (χ1v) is 8.24. The highest BCUT2D eigenvalue weighted by atomic mass is 19.1. The molecule has 25 heavy (non-hydrogen) atoms. The molecule has 0 bridgehead atoms. The van der Waals surface area contributed by atoms with Crippen molar-refractivity contribution >= 4 is 17.2 Å². The van der Waals surface area contributed by atoms with Crippen molar-refractivity contribution in [1.29, 1.82) is 5.26 Å². The molecule has 1 aromatic heterocycles. The van der Waals surface area contributed by atoms with Crippen LogP contribution < -0.4 is 10.6 Å². The zero-order chi connectivity index (χ0) is 17.8. The van der Waals surface area contributed by atoms with Crippen LogP contribution in [0.3, 0.4) is 0 Å². The van der Waals surface area contributed by atoms with Crippen LogP contribution in [0.1, 0.15) is 29.7 Å². The van der Waals surface area contributed by atoms with E-state index in [1.54, 1.807) is 19.1 Å². The second-order valence-electron chi connectivity index (χ2n) is 6.08. The van der Waals surface area contributed by atoms with Gasteiger partial charge in [0.05, 0.1) is 17.5 Å². The van der Waals surface area contributed by atoms with E-state index in [0.29, 0.717) is 35.0 Å². The van der Waals surface area contributed by atoms with Gasteiger partial charge in [-0.3, -0.25) is 0 Å². The lowest BCUT2D eigenvalue weighted by Crippen LogP contribution is -2.18. The van der Waals surface area contributed by atoms with Crippen LogP contribution in [0.4, 0.5) is 21.6 Å². The molecule has 130 valence electrons. The highest BCUT2D eigenvalue weighted by Crippen LogP contribution is 2.25. The lowest BCUT2D eigenvalue weighted by atomic mass is 10.1. The minimum atomic E-state index is -0.377. The molecule has 3 rings (SSSR count). The number of rotatable bonds is 5. The topological polar surface area (TPSA) is 82.9 Å². The number of ether oxygens (including phenoxy) is 1. The van der Waals surface area contributed by atoms with Gasteiger partial charge < -0.3 is 15.4 Å². The van der Waals surface area contributed by atoms with Gasteiger partial charge in [-0.25, -0.2) is 4.39 Å². The Balaban J connectivity index is 1.73. The third-order valence-electron chi connectivity index (χ3n) is 4.34. The third kappa shape index (κ3) is 3.86. The van der Waals surface area contributed by atoms with Gasteiger partial charge in [0.15, 0.2) is 5.82 Å². The second kappa shape index (κ2) is 7.45. The number of nitrogens with zero attached hydrogens (tertiary/aromatic N) is 3. The molecule has 1 atom stereocenters. The number of nitrogens with one attached hydrogen (secondary N) is 2. The summed E-state index contributed by atoms with van der Waals surface area (Å²) in [5.74, 6) is -0.0524. The van der Waals surface area contributed by atoms with E-state index in [2.05, 4.69) is 26.9 Å². The van der Waals surface area contributed by atoms with Crippen molar-refractivity contribution in [3.8, 4) is 6.07 Å². The van der Waals surface area contributed by atoms with E-state index in [-0.39, 0.29) is 11.9 Å². The first-order chi connectivity index (χ1) is 12.1. The maximum atomic E-state index is 14.3. The normalized spacial score (nSPS) is 16.5. The van der Waals surface area contributed by atoms with Gasteiger partial charge in [-0.05, 0) is 50.5 Å². The number of anilines is 3. The van der Waals surface area contributed by atoms with Crippen LogP contribution in [-0.2, 0) is 4.74 Å². The molecule has 1 fully saturated rings. The minimum Gasteiger partial charge on any atom is -0.380 e. The van der Waals surface area contributed by atoms with Crippen LogP contribution in [0.25, 0.3) is 0 Å². The van der Waals surface area contributed by atoms with Crippen LogP contribution in [0, 0.1) is 31.0 Å². The van der Waals surface area contributed by atoms with Gasteiger partial charge in [0, 0.05) is 18.8 Å². The van der Waals surface area contributed by atoms with E-state index < -0.39 is 0 Å². The van der Waals surface area contributed by atoms with Gasteiger partial charge in [-0.15, -0.1) is 5.10 Å². The predicted octanol–water partition coefficient (Wildman–Crippen LogP) is 3.44. The summed E-state index contributed by atoms with van der Waals surface area (Å²) in [7, 11) is 0. The summed E-state index contributed by atoms with van der Waals surface area (Å²) in [6.45, 7) is 4.97. The van der Waals surface area contributed by atoms with Gasteiger partial charge in [0.1, 0.15) is 17.4 Å². The van der Waals surface area contributed by atoms with Crippen molar-refractivity contribution in [3.63, 3.8) is 0 Å². The number of aryl methyl sites for hydroxylation is 1. The molecule has 0 amide bonds. The molecule has 2 heterocycles. The molecule has 0 aliphatic carbocycles. The minimum absolute atomic E-state index is 0.140. The molecule has 1 saturated heterocycles. The number of halogens is 1. The van der Waals surface area contributed by atoms with E-state index in [1.807, 2.05) is 6.92 Å². The Morgan fingerprint density at radius 3 is 2.88 bits per heavy atom. The molecule has 6 nitrogen and oxygen atoms in total. The van der Waals surface area contributed by atoms with Gasteiger partial charge in [0.25, 0.3) is 0 Å². The summed E-state index contributed by atoms with van der Waals surface area (Å²) in [5.41, 5.74) is 2.80. The molecule has 0 saturated carbocycles. The summed E-state index contributed by atoms with van der Waals surface area (Å²) >= 11 is 0. The quantitative estimate of drug-likeness (QED) is 0.867. The van der Waals surface area contributed by atoms with Crippen molar-refractivity contribution in [1.82, 2.24) is 10.2 Å². The van der Waals surface area contributed by atoms with Crippen LogP contribution in [0.2, 0.25) is 0 Å². The summed E-state index contributed by atoms with van der Waals surface area (Å²) in [4.78, 5) is 0. The lowest BCUT2D eigenvalue weighted by molar-refractivity contribution is 0.120. The van der Waals surface area contributed by atoms with E-state index in [0.717, 1.165) is 25.0 Å². The Morgan fingerprint density at radius 2 is 2.20 bits per heavy atom. The van der Waals surface area contributed by atoms with E-state index in [4.69, 9.17) is 4.74 Å². The fraction of sp³-hybridized carbons (Fsp3) is 0.389. The number of hydrogen-bond donors (Lipinski definition) is 2. The Kier molecular flexibility index (Phi) is 5.10. The van der Waals surface area contributed by atoms with Crippen LogP contribution in [-0.4, -0.2) is 29.5 Å². The molecular formula is C18H20FN5O. The highest BCUT2D eigenvalue weighted by molar-refractivity contribution is 5.66. The molecule has 2 N–H and O–H groups in total. The first kappa shape index (κ1) is 17.1. The fourth-order valence-electron chi connectivity index (χ4n) is 2.73. The average Bonchev–Trinajstić information content (AvgIpc) is 3.11. The second-order valence-corrected chi connectivity index (χ2v) is 6.08. The maximum Gasteiger partial charge on any atom is 0.171 e. The summed E-state index contributed by atoms with van der Waals surface area (Å²) in [6, 6.07) is 6.88. The molecule has 0 spiro atoms. The monoisotopic (exact) mass is 341 g/mol. The van der Waals surface area contributed by atoms with Gasteiger partial charge in [-0.1, -0.05) is 0 Å². The molecule has 0 radical (unpaired) electrons. The Labute approximate surface area is 146 Å². The summed E-state index contributed by atoms with van der Waals surface area (Å²) in [5, 5.41) is 23.4. The molecule has 7 heteroatoms. The largest absolute Gasteiger partial charge is 0.380 e. The average molecular weight is 341 g/mol. The number of nitriles is 1. The SMILES string of the molecule is Cc1nnc(Nc2ccc(NCC3CCCO3)c(F)c2)c(C#N)c1C. The molecule has 2 aromatic rings. The van der Waals surface area contributed by atoms with Crippen molar-refractivity contribution in [2.24, 2.45) is 0 Å².